The molecular weight excluding hydrogens is 310 g/mol. The lowest BCUT2D eigenvalue weighted by Gasteiger charge is -2.30. The number of fused-ring (bicyclic) bond motifs is 1. The quantitative estimate of drug-likeness (QED) is 0.830. The van der Waals surface area contributed by atoms with Gasteiger partial charge < -0.3 is 9.80 Å². The summed E-state index contributed by atoms with van der Waals surface area (Å²) in [6.45, 7) is 2.90. The Hall–Kier alpha value is -2.36. The van der Waals surface area contributed by atoms with Crippen LogP contribution < -0.4 is 9.80 Å². The Morgan fingerprint density at radius 3 is 2.56 bits per heavy atom. The number of pyridine rings is 1. The minimum absolute atomic E-state index is 0.0660. The summed E-state index contributed by atoms with van der Waals surface area (Å²) in [5, 5.41) is 0. The van der Waals surface area contributed by atoms with E-state index in [1.165, 1.54) is 31.2 Å². The summed E-state index contributed by atoms with van der Waals surface area (Å²) < 4.78 is 0. The zero-order chi connectivity index (χ0) is 17.1. The molecule has 130 valence electrons. The van der Waals surface area contributed by atoms with Crippen LogP contribution in [-0.4, -0.2) is 30.5 Å². The van der Waals surface area contributed by atoms with Crippen LogP contribution in [0.5, 0.6) is 0 Å². The lowest BCUT2D eigenvalue weighted by Crippen LogP contribution is -2.35. The van der Waals surface area contributed by atoms with Crippen molar-refractivity contribution in [2.45, 2.75) is 38.5 Å². The summed E-state index contributed by atoms with van der Waals surface area (Å²) in [6, 6.07) is 10.3. The van der Waals surface area contributed by atoms with Gasteiger partial charge in [-0.1, -0.05) is 31.0 Å². The van der Waals surface area contributed by atoms with Crippen LogP contribution in [0.15, 0.2) is 42.7 Å². The van der Waals surface area contributed by atoms with E-state index in [0.717, 1.165) is 43.9 Å². The average Bonchev–Trinajstić information content (AvgIpc) is 2.97. The van der Waals surface area contributed by atoms with Gasteiger partial charge in [0.25, 0.3) is 5.91 Å². The maximum absolute atomic E-state index is 13.1. The van der Waals surface area contributed by atoms with Crippen molar-refractivity contribution in [2.75, 3.05) is 29.4 Å². The van der Waals surface area contributed by atoms with E-state index in [-0.39, 0.29) is 5.91 Å². The van der Waals surface area contributed by atoms with Gasteiger partial charge in [-0.15, -0.1) is 0 Å². The molecule has 2 aliphatic rings. The largest absolute Gasteiger partial charge is 0.370 e. The first-order valence-corrected chi connectivity index (χ1v) is 9.43. The third-order valence-corrected chi connectivity index (χ3v) is 5.30. The van der Waals surface area contributed by atoms with Crippen LogP contribution in [-0.2, 0) is 6.42 Å². The zero-order valence-electron chi connectivity index (χ0n) is 14.7. The van der Waals surface area contributed by atoms with Crippen molar-refractivity contribution in [1.29, 1.82) is 0 Å². The Labute approximate surface area is 149 Å². The smallest absolute Gasteiger partial charge is 0.259 e. The summed E-state index contributed by atoms with van der Waals surface area (Å²) >= 11 is 0. The number of nitrogens with zero attached hydrogens (tertiary/aromatic N) is 3. The second-order valence-corrected chi connectivity index (χ2v) is 7.02. The number of aryl methyl sites for hydroxylation is 1. The molecule has 0 N–H and O–H groups in total. The van der Waals surface area contributed by atoms with Crippen LogP contribution in [0.3, 0.4) is 0 Å². The van der Waals surface area contributed by atoms with E-state index in [1.54, 1.807) is 6.20 Å². The van der Waals surface area contributed by atoms with Gasteiger partial charge in [-0.2, -0.15) is 0 Å². The van der Waals surface area contributed by atoms with Crippen LogP contribution in [0.2, 0.25) is 0 Å². The highest BCUT2D eigenvalue weighted by Crippen LogP contribution is 2.29. The monoisotopic (exact) mass is 335 g/mol. The molecule has 1 aromatic heterocycles. The second-order valence-electron chi connectivity index (χ2n) is 7.02. The molecule has 0 unspecified atom stereocenters. The molecule has 25 heavy (non-hydrogen) atoms. The fourth-order valence-electron chi connectivity index (χ4n) is 3.95. The fourth-order valence-corrected chi connectivity index (χ4v) is 3.95. The van der Waals surface area contributed by atoms with Crippen molar-refractivity contribution in [3.8, 4) is 0 Å². The summed E-state index contributed by atoms with van der Waals surface area (Å²) in [7, 11) is 0. The molecule has 1 amide bonds. The van der Waals surface area contributed by atoms with Gasteiger partial charge in [-0.25, -0.2) is 0 Å². The fraction of sp³-hybridized carbons (Fsp3) is 0.429. The normalized spacial score (nSPS) is 17.8. The predicted octanol–water partition coefficient (Wildman–Crippen LogP) is 4.06. The van der Waals surface area contributed by atoms with Crippen molar-refractivity contribution < 1.29 is 4.79 Å². The second kappa shape index (κ2) is 7.26. The van der Waals surface area contributed by atoms with Crippen molar-refractivity contribution in [3.05, 3.63) is 53.9 Å². The highest BCUT2D eigenvalue weighted by molar-refractivity contribution is 6.07. The van der Waals surface area contributed by atoms with Gasteiger partial charge in [-0.3, -0.25) is 9.78 Å². The predicted molar refractivity (Wildman–Crippen MR) is 101 cm³/mol. The van der Waals surface area contributed by atoms with Crippen LogP contribution >= 0.6 is 0 Å². The Bertz CT molecular complexity index is 750. The van der Waals surface area contributed by atoms with Crippen molar-refractivity contribution in [1.82, 2.24) is 4.98 Å². The van der Waals surface area contributed by atoms with E-state index in [0.29, 0.717) is 5.56 Å². The molecule has 0 saturated carbocycles. The number of hydrogen-bond acceptors (Lipinski definition) is 3. The van der Waals surface area contributed by atoms with E-state index in [2.05, 4.69) is 22.0 Å². The number of rotatable bonds is 2. The first kappa shape index (κ1) is 16.1. The van der Waals surface area contributed by atoms with Crippen LogP contribution in [0.25, 0.3) is 0 Å². The Morgan fingerprint density at radius 2 is 1.72 bits per heavy atom. The van der Waals surface area contributed by atoms with Crippen LogP contribution in [0.1, 0.15) is 48.0 Å². The SMILES string of the molecule is O=C(c1cncc(N2CCCCCC2)c1)N1CCCc2ccccc21. The molecular formula is C21H25N3O. The van der Waals surface area contributed by atoms with Crippen LogP contribution in [0, 0.1) is 0 Å². The van der Waals surface area contributed by atoms with E-state index in [9.17, 15) is 4.79 Å². The number of carbonyl (C=O) groups excluding carboxylic acids is 1. The zero-order valence-corrected chi connectivity index (χ0v) is 14.7. The van der Waals surface area contributed by atoms with Gasteiger partial charge in [0.2, 0.25) is 0 Å². The minimum Gasteiger partial charge on any atom is -0.370 e. The standard InChI is InChI=1S/C21H25N3O/c25-21(24-13-7-9-17-8-3-4-10-20(17)24)18-14-19(16-22-15-18)23-11-5-1-2-6-12-23/h3-4,8,10,14-16H,1-2,5-7,9,11-13H2. The topological polar surface area (TPSA) is 36.4 Å². The van der Waals surface area contributed by atoms with E-state index >= 15 is 0 Å². The van der Waals surface area contributed by atoms with Crippen molar-refractivity contribution >= 4 is 17.3 Å². The number of aromatic nitrogens is 1. The molecule has 4 nitrogen and oxygen atoms in total. The van der Waals surface area contributed by atoms with E-state index in [1.807, 2.05) is 29.3 Å². The molecule has 2 aromatic rings. The summed E-state index contributed by atoms with van der Waals surface area (Å²) in [5.74, 6) is 0.0660. The van der Waals surface area contributed by atoms with Gasteiger partial charge in [0.15, 0.2) is 0 Å². The maximum Gasteiger partial charge on any atom is 0.259 e. The third kappa shape index (κ3) is 3.39. The molecule has 0 atom stereocenters. The Balaban J connectivity index is 1.60. The molecule has 0 radical (unpaired) electrons. The molecule has 0 spiro atoms. The van der Waals surface area contributed by atoms with Gasteiger partial charge in [-0.05, 0) is 43.4 Å². The van der Waals surface area contributed by atoms with Crippen molar-refractivity contribution in [3.63, 3.8) is 0 Å². The summed E-state index contributed by atoms with van der Waals surface area (Å²) in [6.07, 6.45) is 10.7. The van der Waals surface area contributed by atoms with Crippen molar-refractivity contribution in [2.24, 2.45) is 0 Å². The molecule has 1 fully saturated rings. The lowest BCUT2D eigenvalue weighted by atomic mass is 10.0. The van der Waals surface area contributed by atoms with Gasteiger partial charge in [0.1, 0.15) is 0 Å². The highest BCUT2D eigenvalue weighted by atomic mass is 16.2. The number of benzene rings is 1. The van der Waals surface area contributed by atoms with E-state index in [4.69, 9.17) is 0 Å². The minimum atomic E-state index is 0.0660. The average molecular weight is 335 g/mol. The Kier molecular flexibility index (Phi) is 4.68. The van der Waals surface area contributed by atoms with Gasteiger partial charge in [0.05, 0.1) is 17.4 Å². The molecule has 0 bridgehead atoms. The molecule has 1 aromatic carbocycles. The first-order chi connectivity index (χ1) is 12.3. The maximum atomic E-state index is 13.1. The molecule has 3 heterocycles. The van der Waals surface area contributed by atoms with Gasteiger partial charge >= 0.3 is 0 Å². The summed E-state index contributed by atoms with van der Waals surface area (Å²) in [5.41, 5.74) is 4.09. The lowest BCUT2D eigenvalue weighted by molar-refractivity contribution is 0.0985. The molecule has 0 aliphatic carbocycles. The third-order valence-electron chi connectivity index (χ3n) is 5.30. The number of carbonyl (C=O) groups is 1. The number of para-hydroxylation sites is 1. The van der Waals surface area contributed by atoms with E-state index < -0.39 is 0 Å². The van der Waals surface area contributed by atoms with Crippen LogP contribution in [0.4, 0.5) is 11.4 Å². The van der Waals surface area contributed by atoms with Gasteiger partial charge in [0, 0.05) is 31.5 Å². The molecule has 1 saturated heterocycles. The number of hydrogen-bond donors (Lipinski definition) is 0. The summed E-state index contributed by atoms with van der Waals surface area (Å²) in [4.78, 5) is 21.8. The number of amides is 1. The highest BCUT2D eigenvalue weighted by Gasteiger charge is 2.24. The molecule has 4 rings (SSSR count). The first-order valence-electron chi connectivity index (χ1n) is 9.43. The molecule has 2 aliphatic heterocycles. The Morgan fingerprint density at radius 1 is 0.920 bits per heavy atom. The molecule has 4 heteroatoms. The number of anilines is 2.